The third-order valence-electron chi connectivity index (χ3n) is 4.30. The number of anilines is 1. The van der Waals surface area contributed by atoms with Crippen molar-refractivity contribution >= 4 is 28.3 Å². The van der Waals surface area contributed by atoms with E-state index in [9.17, 15) is 0 Å². The summed E-state index contributed by atoms with van der Waals surface area (Å²) in [4.78, 5) is 2.57. The Balaban J connectivity index is 1.82. The van der Waals surface area contributed by atoms with Gasteiger partial charge in [0, 0.05) is 27.9 Å². The van der Waals surface area contributed by atoms with Crippen LogP contribution in [0.2, 0.25) is 0 Å². The highest BCUT2D eigenvalue weighted by atomic mass is 127. The third kappa shape index (κ3) is 2.67. The van der Waals surface area contributed by atoms with Crippen molar-refractivity contribution in [3.05, 3.63) is 27.8 Å². The van der Waals surface area contributed by atoms with E-state index in [-0.39, 0.29) is 0 Å². The van der Waals surface area contributed by atoms with E-state index < -0.39 is 0 Å². The van der Waals surface area contributed by atoms with Crippen LogP contribution in [0.1, 0.15) is 26.2 Å². The number of hydrogen-bond acceptors (Lipinski definition) is 2. The molecule has 1 aromatic carbocycles. The molecule has 1 saturated heterocycles. The van der Waals surface area contributed by atoms with Gasteiger partial charge < -0.3 is 10.2 Å². The molecule has 0 spiro atoms. The van der Waals surface area contributed by atoms with E-state index in [0.717, 1.165) is 19.0 Å². The van der Waals surface area contributed by atoms with Gasteiger partial charge in [-0.15, -0.1) is 0 Å². The van der Waals surface area contributed by atoms with Crippen molar-refractivity contribution in [2.45, 2.75) is 31.7 Å². The second-order valence-corrected chi connectivity index (χ2v) is 7.12. The SMILES string of the molecule is CC1(C2CC2)CN(c2cccc(I)c2)CCCN1. The molecule has 0 aromatic heterocycles. The zero-order valence-electron chi connectivity index (χ0n) is 11.0. The van der Waals surface area contributed by atoms with E-state index in [1.54, 1.807) is 0 Å². The fourth-order valence-electron chi connectivity index (χ4n) is 3.06. The summed E-state index contributed by atoms with van der Waals surface area (Å²) in [5.41, 5.74) is 1.70. The lowest BCUT2D eigenvalue weighted by molar-refractivity contribution is 0.331. The number of nitrogens with one attached hydrogen (secondary N) is 1. The van der Waals surface area contributed by atoms with Gasteiger partial charge >= 0.3 is 0 Å². The fourth-order valence-corrected chi connectivity index (χ4v) is 3.59. The van der Waals surface area contributed by atoms with Crippen LogP contribution in [-0.2, 0) is 0 Å². The molecule has 18 heavy (non-hydrogen) atoms. The Kier molecular flexibility index (Phi) is 3.54. The number of benzene rings is 1. The average Bonchev–Trinajstić information content (AvgIpc) is 3.15. The van der Waals surface area contributed by atoms with E-state index in [4.69, 9.17) is 0 Å². The molecule has 1 aliphatic heterocycles. The minimum atomic E-state index is 0.317. The molecule has 1 heterocycles. The summed E-state index contributed by atoms with van der Waals surface area (Å²) in [5, 5.41) is 3.79. The lowest BCUT2D eigenvalue weighted by atomic mass is 9.95. The quantitative estimate of drug-likeness (QED) is 0.819. The lowest BCUT2D eigenvalue weighted by Gasteiger charge is -2.35. The van der Waals surface area contributed by atoms with Gasteiger partial charge in [-0.25, -0.2) is 0 Å². The van der Waals surface area contributed by atoms with Gasteiger partial charge in [-0.3, -0.25) is 0 Å². The highest BCUT2D eigenvalue weighted by Crippen LogP contribution is 2.41. The van der Waals surface area contributed by atoms with E-state index in [2.05, 4.69) is 64.0 Å². The smallest absolute Gasteiger partial charge is 0.0377 e. The average molecular weight is 356 g/mol. The molecule has 1 atom stereocenters. The predicted molar refractivity (Wildman–Crippen MR) is 85.1 cm³/mol. The zero-order valence-corrected chi connectivity index (χ0v) is 13.1. The van der Waals surface area contributed by atoms with Crippen LogP contribution in [0, 0.1) is 9.49 Å². The largest absolute Gasteiger partial charge is 0.370 e. The maximum atomic E-state index is 3.79. The molecule has 3 rings (SSSR count). The van der Waals surface area contributed by atoms with E-state index in [0.29, 0.717) is 5.54 Å². The van der Waals surface area contributed by atoms with Gasteiger partial charge in [0.05, 0.1) is 0 Å². The second kappa shape index (κ2) is 5.00. The normalized spacial score (nSPS) is 29.1. The maximum Gasteiger partial charge on any atom is 0.0377 e. The number of nitrogens with zero attached hydrogens (tertiary/aromatic N) is 1. The molecule has 1 aliphatic carbocycles. The van der Waals surface area contributed by atoms with Gasteiger partial charge in [-0.1, -0.05) is 6.07 Å². The van der Waals surface area contributed by atoms with Crippen molar-refractivity contribution in [2.75, 3.05) is 24.5 Å². The maximum absolute atomic E-state index is 3.79. The molecular weight excluding hydrogens is 335 g/mol. The van der Waals surface area contributed by atoms with Gasteiger partial charge in [0.1, 0.15) is 0 Å². The molecule has 1 saturated carbocycles. The van der Waals surface area contributed by atoms with E-state index in [1.807, 2.05) is 0 Å². The van der Waals surface area contributed by atoms with Crippen molar-refractivity contribution in [2.24, 2.45) is 5.92 Å². The number of halogens is 1. The first kappa shape index (κ1) is 12.7. The molecule has 2 nitrogen and oxygen atoms in total. The summed E-state index contributed by atoms with van der Waals surface area (Å²) in [7, 11) is 0. The van der Waals surface area contributed by atoms with Gasteiger partial charge in [-0.2, -0.15) is 0 Å². The fraction of sp³-hybridized carbons (Fsp3) is 0.600. The molecule has 0 bridgehead atoms. The minimum Gasteiger partial charge on any atom is -0.370 e. The van der Waals surface area contributed by atoms with E-state index in [1.165, 1.54) is 35.1 Å². The van der Waals surface area contributed by atoms with Crippen molar-refractivity contribution < 1.29 is 0 Å². The van der Waals surface area contributed by atoms with E-state index >= 15 is 0 Å². The number of hydrogen-bond donors (Lipinski definition) is 1. The Labute approximate surface area is 123 Å². The Bertz CT molecular complexity index is 430. The first-order chi connectivity index (χ1) is 8.67. The van der Waals surface area contributed by atoms with Crippen molar-refractivity contribution in [3.63, 3.8) is 0 Å². The first-order valence-corrected chi connectivity index (χ1v) is 8.01. The second-order valence-electron chi connectivity index (χ2n) is 5.87. The van der Waals surface area contributed by atoms with Gasteiger partial charge in [0.25, 0.3) is 0 Å². The topological polar surface area (TPSA) is 15.3 Å². The minimum absolute atomic E-state index is 0.317. The Morgan fingerprint density at radius 3 is 2.94 bits per heavy atom. The molecule has 3 heteroatoms. The van der Waals surface area contributed by atoms with Crippen molar-refractivity contribution in [1.29, 1.82) is 0 Å². The van der Waals surface area contributed by atoms with Crippen LogP contribution in [-0.4, -0.2) is 25.2 Å². The zero-order chi connectivity index (χ0) is 12.6. The highest BCUT2D eigenvalue weighted by Gasteiger charge is 2.43. The molecule has 1 N–H and O–H groups in total. The third-order valence-corrected chi connectivity index (χ3v) is 4.98. The first-order valence-electron chi connectivity index (χ1n) is 6.93. The molecule has 2 aliphatic rings. The van der Waals surface area contributed by atoms with Gasteiger partial charge in [0.2, 0.25) is 0 Å². The Morgan fingerprint density at radius 1 is 1.39 bits per heavy atom. The summed E-state index contributed by atoms with van der Waals surface area (Å²) in [6.45, 7) is 5.90. The molecule has 98 valence electrons. The van der Waals surface area contributed by atoms with Crippen LogP contribution < -0.4 is 10.2 Å². The summed E-state index contributed by atoms with van der Waals surface area (Å²) < 4.78 is 1.33. The molecule has 0 radical (unpaired) electrons. The van der Waals surface area contributed by atoms with Crippen LogP contribution in [0.5, 0.6) is 0 Å². The standard InChI is InChI=1S/C15H21IN2/c1-15(12-6-7-12)11-18(9-3-8-17-15)14-5-2-4-13(16)10-14/h2,4-5,10,12,17H,3,6-9,11H2,1H3. The Morgan fingerprint density at radius 2 is 2.22 bits per heavy atom. The monoisotopic (exact) mass is 356 g/mol. The molecule has 2 fully saturated rings. The van der Waals surface area contributed by atoms with Crippen LogP contribution in [0.3, 0.4) is 0 Å². The van der Waals surface area contributed by atoms with Crippen LogP contribution in [0.25, 0.3) is 0 Å². The molecule has 0 amide bonds. The van der Waals surface area contributed by atoms with Gasteiger partial charge in [-0.05, 0) is 79.4 Å². The van der Waals surface area contributed by atoms with Crippen LogP contribution >= 0.6 is 22.6 Å². The molecular formula is C15H21IN2. The summed E-state index contributed by atoms with van der Waals surface area (Å²) >= 11 is 2.40. The van der Waals surface area contributed by atoms with Crippen LogP contribution in [0.4, 0.5) is 5.69 Å². The summed E-state index contributed by atoms with van der Waals surface area (Å²) in [6, 6.07) is 8.89. The highest BCUT2D eigenvalue weighted by molar-refractivity contribution is 14.1. The summed E-state index contributed by atoms with van der Waals surface area (Å²) in [5.74, 6) is 0.890. The molecule has 1 unspecified atom stereocenters. The summed E-state index contributed by atoms with van der Waals surface area (Å²) in [6.07, 6.45) is 4.06. The lowest BCUT2D eigenvalue weighted by Crippen LogP contribution is -2.51. The van der Waals surface area contributed by atoms with Crippen LogP contribution in [0.15, 0.2) is 24.3 Å². The number of rotatable bonds is 2. The van der Waals surface area contributed by atoms with Crippen molar-refractivity contribution in [3.8, 4) is 0 Å². The van der Waals surface area contributed by atoms with Crippen molar-refractivity contribution in [1.82, 2.24) is 5.32 Å². The predicted octanol–water partition coefficient (Wildman–Crippen LogP) is 3.26. The van der Waals surface area contributed by atoms with Gasteiger partial charge in [0.15, 0.2) is 0 Å². The Hall–Kier alpha value is -0.290. The molecule has 1 aromatic rings.